The van der Waals surface area contributed by atoms with Crippen LogP contribution in [0.3, 0.4) is 0 Å². The Morgan fingerprint density at radius 2 is 0.891 bits per heavy atom. The highest BCUT2D eigenvalue weighted by atomic mass is 16.1. The molecule has 0 bridgehead atoms. The van der Waals surface area contributed by atoms with Gasteiger partial charge < -0.3 is 0 Å². The number of fused-ring (bicyclic) bond motifs is 3. The van der Waals surface area contributed by atoms with Gasteiger partial charge in [-0.05, 0) is 119 Å². The molecule has 1 nitrogen and oxygen atoms in total. The molecule has 0 saturated heterocycles. The van der Waals surface area contributed by atoms with Crippen LogP contribution >= 0.6 is 0 Å². The number of hydrogen-bond acceptors (Lipinski definition) is 1. The van der Waals surface area contributed by atoms with Gasteiger partial charge in [0, 0.05) is 11.1 Å². The maximum Gasteiger partial charge on any atom is 0.193 e. The van der Waals surface area contributed by atoms with Crippen LogP contribution in [0.15, 0.2) is 207 Å². The van der Waals surface area contributed by atoms with Gasteiger partial charge in [0.25, 0.3) is 0 Å². The zero-order valence-corrected chi connectivity index (χ0v) is 30.5. The second-order valence-electron chi connectivity index (χ2n) is 14.1. The van der Waals surface area contributed by atoms with Crippen LogP contribution in [-0.2, 0) is 6.42 Å². The molecule has 0 unspecified atom stereocenters. The number of benzene rings is 9. The summed E-state index contributed by atoms with van der Waals surface area (Å²) in [5.41, 5.74) is 11.1. The number of hydrogen-bond donors (Lipinski definition) is 0. The van der Waals surface area contributed by atoms with E-state index in [-0.39, 0.29) is 5.78 Å². The summed E-state index contributed by atoms with van der Waals surface area (Å²) >= 11 is 0. The third kappa shape index (κ3) is 6.69. The Hall–Kier alpha value is -7.09. The molecule has 0 aliphatic rings. The molecule has 0 heterocycles. The molecule has 0 aliphatic heterocycles. The predicted octanol–water partition coefficient (Wildman–Crippen LogP) is 14.2. The summed E-state index contributed by atoms with van der Waals surface area (Å²) in [7, 11) is 0. The lowest BCUT2D eigenvalue weighted by Gasteiger charge is -2.16. The fraction of sp³-hybridized carbons (Fsp3) is 0.0185. The van der Waals surface area contributed by atoms with E-state index in [4.69, 9.17) is 0 Å². The molecular weight excluding hydrogens is 665 g/mol. The van der Waals surface area contributed by atoms with Crippen molar-refractivity contribution in [3.63, 3.8) is 0 Å². The second-order valence-corrected chi connectivity index (χ2v) is 14.1. The Kier molecular flexibility index (Phi) is 9.04. The maximum absolute atomic E-state index is 15.2. The van der Waals surface area contributed by atoms with Gasteiger partial charge in [0.05, 0.1) is 0 Å². The van der Waals surface area contributed by atoms with Gasteiger partial charge in [0.15, 0.2) is 5.78 Å². The van der Waals surface area contributed by atoms with Gasteiger partial charge in [-0.3, -0.25) is 4.79 Å². The first-order valence-electron chi connectivity index (χ1n) is 18.8. The summed E-state index contributed by atoms with van der Waals surface area (Å²) in [6.07, 6.45) is 6.54. The fourth-order valence-corrected chi connectivity index (χ4v) is 8.00. The van der Waals surface area contributed by atoms with Gasteiger partial charge in [0.1, 0.15) is 0 Å². The van der Waals surface area contributed by atoms with Crippen LogP contribution in [0.5, 0.6) is 0 Å². The van der Waals surface area contributed by atoms with Crippen molar-refractivity contribution in [3.05, 3.63) is 235 Å². The normalized spacial score (nSPS) is 11.4. The third-order valence-corrected chi connectivity index (χ3v) is 10.6. The van der Waals surface area contributed by atoms with Crippen LogP contribution < -0.4 is 0 Å². The van der Waals surface area contributed by atoms with Crippen LogP contribution in [0.2, 0.25) is 0 Å². The number of ketones is 1. The van der Waals surface area contributed by atoms with Crippen LogP contribution in [0.25, 0.3) is 71.8 Å². The Balaban J connectivity index is 1.25. The highest BCUT2D eigenvalue weighted by Crippen LogP contribution is 2.37. The molecule has 1 heteroatoms. The Bertz CT molecular complexity index is 2830. The molecule has 0 saturated carbocycles. The summed E-state index contributed by atoms with van der Waals surface area (Å²) in [6.45, 7) is 3.88. The first kappa shape index (κ1) is 33.7. The van der Waals surface area contributed by atoms with E-state index < -0.39 is 0 Å². The summed E-state index contributed by atoms with van der Waals surface area (Å²) in [5, 5.41) is 6.97. The number of rotatable bonds is 9. The minimum Gasteiger partial charge on any atom is -0.289 e. The summed E-state index contributed by atoms with van der Waals surface area (Å²) in [6, 6.07) is 65.9. The number of carbonyl (C=O) groups excluding carboxylic acids is 1. The maximum atomic E-state index is 15.2. The zero-order chi connectivity index (χ0) is 37.1. The lowest BCUT2D eigenvalue weighted by molar-refractivity contribution is 0.103. The highest BCUT2D eigenvalue weighted by molar-refractivity contribution is 6.12. The molecule has 260 valence electrons. The molecule has 0 spiro atoms. The first-order valence-corrected chi connectivity index (χ1v) is 18.8. The quantitative estimate of drug-likeness (QED) is 0.108. The standard InChI is InChI=1S/C54H38O/c1-2-3-15-38-16-4-5-20-42(38)30-37-31-43(51-27-12-21-39-17-6-9-24-48(39)51)34-46(32-37)54(55)47-35-44(52-28-13-22-40-18-7-10-25-49(40)52)33-45(36-47)53-29-14-23-41-19-8-11-26-50(41)53/h2-29,31-36H,1,30H2. The zero-order valence-electron chi connectivity index (χ0n) is 30.5. The first-order chi connectivity index (χ1) is 27.1. The van der Waals surface area contributed by atoms with Gasteiger partial charge >= 0.3 is 0 Å². The smallest absolute Gasteiger partial charge is 0.193 e. The molecule has 0 N–H and O–H groups in total. The van der Waals surface area contributed by atoms with Crippen molar-refractivity contribution in [2.45, 2.75) is 6.42 Å². The van der Waals surface area contributed by atoms with E-state index in [1.807, 2.05) is 6.08 Å². The van der Waals surface area contributed by atoms with Crippen molar-refractivity contribution >= 4 is 44.2 Å². The van der Waals surface area contributed by atoms with Crippen molar-refractivity contribution in [1.82, 2.24) is 0 Å². The van der Waals surface area contributed by atoms with Gasteiger partial charge in [-0.15, -0.1) is 0 Å². The Morgan fingerprint density at radius 3 is 1.42 bits per heavy atom. The van der Waals surface area contributed by atoms with E-state index in [2.05, 4.69) is 201 Å². The molecule has 0 fully saturated rings. The van der Waals surface area contributed by atoms with Gasteiger partial charge in [0.2, 0.25) is 0 Å². The minimum absolute atomic E-state index is 0.00764. The van der Waals surface area contributed by atoms with Crippen LogP contribution in [0.4, 0.5) is 0 Å². The molecule has 0 aliphatic carbocycles. The molecule has 9 aromatic rings. The van der Waals surface area contributed by atoms with Crippen molar-refractivity contribution < 1.29 is 4.79 Å². The lowest BCUT2D eigenvalue weighted by Crippen LogP contribution is -2.05. The monoisotopic (exact) mass is 702 g/mol. The number of allylic oxidation sites excluding steroid dienone is 2. The van der Waals surface area contributed by atoms with E-state index in [1.165, 1.54) is 21.7 Å². The van der Waals surface area contributed by atoms with Gasteiger partial charge in [-0.2, -0.15) is 0 Å². The van der Waals surface area contributed by atoms with E-state index in [9.17, 15) is 0 Å². The Labute approximate surface area is 322 Å². The minimum atomic E-state index is -0.00764. The molecule has 0 atom stereocenters. The van der Waals surface area contributed by atoms with Crippen LogP contribution in [-0.4, -0.2) is 5.78 Å². The van der Waals surface area contributed by atoms with Gasteiger partial charge in [-0.1, -0.05) is 183 Å². The average molecular weight is 703 g/mol. The van der Waals surface area contributed by atoms with Crippen molar-refractivity contribution in [2.75, 3.05) is 0 Å². The van der Waals surface area contributed by atoms with Gasteiger partial charge in [-0.25, -0.2) is 0 Å². The summed E-state index contributed by atoms with van der Waals surface area (Å²) in [5.74, 6) is -0.00764. The van der Waals surface area contributed by atoms with E-state index in [1.54, 1.807) is 6.08 Å². The summed E-state index contributed by atoms with van der Waals surface area (Å²) in [4.78, 5) is 15.2. The Morgan fingerprint density at radius 1 is 0.455 bits per heavy atom. The van der Waals surface area contributed by atoms with E-state index >= 15 is 4.79 Å². The molecule has 0 radical (unpaired) electrons. The summed E-state index contributed by atoms with van der Waals surface area (Å²) < 4.78 is 0. The largest absolute Gasteiger partial charge is 0.289 e. The predicted molar refractivity (Wildman–Crippen MR) is 234 cm³/mol. The van der Waals surface area contributed by atoms with Crippen LogP contribution in [0, 0.1) is 0 Å². The van der Waals surface area contributed by atoms with E-state index in [0.717, 1.165) is 60.7 Å². The number of carbonyl (C=O) groups is 1. The fourth-order valence-electron chi connectivity index (χ4n) is 8.00. The molecule has 9 rings (SSSR count). The van der Waals surface area contributed by atoms with Crippen molar-refractivity contribution in [1.29, 1.82) is 0 Å². The van der Waals surface area contributed by atoms with Crippen LogP contribution in [0.1, 0.15) is 32.6 Å². The highest BCUT2D eigenvalue weighted by Gasteiger charge is 2.18. The molecule has 55 heavy (non-hydrogen) atoms. The third-order valence-electron chi connectivity index (χ3n) is 10.6. The van der Waals surface area contributed by atoms with Crippen molar-refractivity contribution in [3.8, 4) is 33.4 Å². The average Bonchev–Trinajstić information content (AvgIpc) is 3.25. The molecular formula is C54H38O. The topological polar surface area (TPSA) is 17.1 Å². The molecule has 9 aromatic carbocycles. The molecule has 0 amide bonds. The SMILES string of the molecule is C=CC=Cc1ccccc1Cc1cc(C(=O)c2cc(-c3cccc4ccccc34)cc(-c3cccc4ccccc34)c2)cc(-c2cccc3ccccc23)c1. The molecule has 0 aromatic heterocycles. The second kappa shape index (κ2) is 14.7. The lowest BCUT2D eigenvalue weighted by atomic mass is 9.88. The van der Waals surface area contributed by atoms with E-state index in [0.29, 0.717) is 17.5 Å². The van der Waals surface area contributed by atoms with Crippen molar-refractivity contribution in [2.24, 2.45) is 0 Å².